The van der Waals surface area contributed by atoms with E-state index in [1.165, 1.54) is 12.8 Å². The maximum absolute atomic E-state index is 11.0. The molecular weight excluding hydrogens is 160 g/mol. The Balaban J connectivity index is 2.22. The zero-order valence-electron chi connectivity index (χ0n) is 7.21. The molecule has 0 spiro atoms. The van der Waals surface area contributed by atoms with Gasteiger partial charge in [0.2, 0.25) is 0 Å². The fourth-order valence-corrected chi connectivity index (χ4v) is 3.29. The minimum absolute atomic E-state index is 0.00838. The number of hydrogen-bond acceptors (Lipinski definition) is 2. The first-order chi connectivity index (χ1) is 5.10. The highest BCUT2D eigenvalue weighted by molar-refractivity contribution is 7.99. The molecule has 2 unspecified atom stereocenters. The van der Waals surface area contributed by atoms with E-state index in [0.717, 1.165) is 12.8 Å². The van der Waals surface area contributed by atoms with Crippen LogP contribution in [0.5, 0.6) is 0 Å². The van der Waals surface area contributed by atoms with Gasteiger partial charge < -0.3 is 0 Å². The van der Waals surface area contributed by atoms with Gasteiger partial charge in [-0.05, 0) is 13.3 Å². The highest BCUT2D eigenvalue weighted by Gasteiger charge is 2.52. The van der Waals surface area contributed by atoms with E-state index in [1.807, 2.05) is 6.92 Å². The molecular formula is C8H16O2S. The van der Waals surface area contributed by atoms with Crippen LogP contribution < -0.4 is 0 Å². The van der Waals surface area contributed by atoms with Gasteiger partial charge >= 0.3 is 0 Å². The Kier molecular flexibility index (Phi) is 2.58. The zero-order valence-corrected chi connectivity index (χ0v) is 8.02. The van der Waals surface area contributed by atoms with Crippen LogP contribution in [0.4, 0.5) is 0 Å². The molecule has 1 heterocycles. The summed E-state index contributed by atoms with van der Waals surface area (Å²) in [5.41, 5.74) is 0. The van der Waals surface area contributed by atoms with Crippen LogP contribution in [0.2, 0.25) is 0 Å². The lowest BCUT2D eigenvalue weighted by Gasteiger charge is -1.92. The molecule has 0 radical (unpaired) electrons. The highest BCUT2D eigenvalue weighted by Crippen LogP contribution is 2.35. The van der Waals surface area contributed by atoms with Gasteiger partial charge in [0.15, 0.2) is 9.84 Å². The average molecular weight is 176 g/mol. The largest absolute Gasteiger partial charge is 0.228 e. The van der Waals surface area contributed by atoms with Crippen LogP contribution in [0.15, 0.2) is 0 Å². The van der Waals surface area contributed by atoms with E-state index in [4.69, 9.17) is 0 Å². The third-order valence-corrected chi connectivity index (χ3v) is 5.02. The molecule has 0 aromatic rings. The molecule has 0 bridgehead atoms. The molecule has 0 saturated carbocycles. The van der Waals surface area contributed by atoms with Crippen molar-refractivity contribution in [1.29, 1.82) is 0 Å². The van der Waals surface area contributed by atoms with Gasteiger partial charge in [-0.3, -0.25) is 0 Å². The minimum atomic E-state index is -2.62. The summed E-state index contributed by atoms with van der Waals surface area (Å²) in [7, 11) is -2.62. The minimum Gasteiger partial charge on any atom is -0.228 e. The van der Waals surface area contributed by atoms with Crippen LogP contribution in [0.25, 0.3) is 0 Å². The number of hydrogen-bond donors (Lipinski definition) is 0. The van der Waals surface area contributed by atoms with Crippen molar-refractivity contribution in [3.63, 3.8) is 0 Å². The van der Waals surface area contributed by atoms with E-state index >= 15 is 0 Å². The monoisotopic (exact) mass is 176 g/mol. The topological polar surface area (TPSA) is 34.1 Å². The molecule has 1 aliphatic rings. The lowest BCUT2D eigenvalue weighted by Crippen LogP contribution is -1.89. The molecule has 1 rings (SSSR count). The van der Waals surface area contributed by atoms with Gasteiger partial charge in [0.1, 0.15) is 0 Å². The molecule has 11 heavy (non-hydrogen) atoms. The highest BCUT2D eigenvalue weighted by atomic mass is 32.2. The predicted molar refractivity (Wildman–Crippen MR) is 46.3 cm³/mol. The Morgan fingerprint density at radius 2 is 1.82 bits per heavy atom. The van der Waals surface area contributed by atoms with Crippen molar-refractivity contribution in [1.82, 2.24) is 0 Å². The van der Waals surface area contributed by atoms with E-state index < -0.39 is 9.84 Å². The van der Waals surface area contributed by atoms with Crippen molar-refractivity contribution >= 4 is 9.84 Å². The van der Waals surface area contributed by atoms with E-state index in [0.29, 0.717) is 0 Å². The van der Waals surface area contributed by atoms with Crippen molar-refractivity contribution in [3.05, 3.63) is 0 Å². The Bertz CT molecular complexity index is 218. The summed E-state index contributed by atoms with van der Waals surface area (Å²) in [6.45, 7) is 3.94. The summed E-state index contributed by atoms with van der Waals surface area (Å²) >= 11 is 0. The van der Waals surface area contributed by atoms with E-state index in [9.17, 15) is 8.42 Å². The van der Waals surface area contributed by atoms with Crippen molar-refractivity contribution in [2.75, 3.05) is 0 Å². The SMILES string of the molecule is CCCCCC1C(C)S1(=O)=O. The van der Waals surface area contributed by atoms with Gasteiger partial charge in [0.25, 0.3) is 0 Å². The number of rotatable bonds is 4. The van der Waals surface area contributed by atoms with Gasteiger partial charge in [-0.2, -0.15) is 0 Å². The predicted octanol–water partition coefficient (Wildman–Crippen LogP) is 1.75. The van der Waals surface area contributed by atoms with Crippen molar-refractivity contribution < 1.29 is 8.42 Å². The smallest absolute Gasteiger partial charge is 0.158 e. The van der Waals surface area contributed by atoms with Crippen LogP contribution in [-0.4, -0.2) is 18.9 Å². The quantitative estimate of drug-likeness (QED) is 0.483. The standard InChI is InChI=1S/C8H16O2S/c1-3-4-5-6-8-7(2)11(8,9)10/h7-8H,3-6H2,1-2H3. The van der Waals surface area contributed by atoms with Gasteiger partial charge in [0, 0.05) is 0 Å². The summed E-state index contributed by atoms with van der Waals surface area (Å²) in [5.74, 6) is 0. The molecule has 66 valence electrons. The van der Waals surface area contributed by atoms with Crippen molar-refractivity contribution in [2.24, 2.45) is 0 Å². The van der Waals surface area contributed by atoms with Crippen molar-refractivity contribution in [2.45, 2.75) is 50.0 Å². The fraction of sp³-hybridized carbons (Fsp3) is 1.00. The molecule has 3 heteroatoms. The molecule has 2 atom stereocenters. The van der Waals surface area contributed by atoms with Gasteiger partial charge in [-0.25, -0.2) is 8.42 Å². The van der Waals surface area contributed by atoms with Crippen LogP contribution in [0, 0.1) is 0 Å². The fourth-order valence-electron chi connectivity index (χ4n) is 1.46. The molecule has 0 aromatic heterocycles. The maximum Gasteiger partial charge on any atom is 0.158 e. The second kappa shape index (κ2) is 3.13. The summed E-state index contributed by atoms with van der Waals surface area (Å²) in [6, 6.07) is 0. The molecule has 2 nitrogen and oxygen atoms in total. The lowest BCUT2D eigenvalue weighted by atomic mass is 10.1. The molecule has 1 saturated heterocycles. The molecule has 1 fully saturated rings. The Morgan fingerprint density at radius 3 is 2.18 bits per heavy atom. The molecule has 0 aromatic carbocycles. The summed E-state index contributed by atoms with van der Waals surface area (Å²) in [4.78, 5) is 0. The van der Waals surface area contributed by atoms with E-state index in [-0.39, 0.29) is 10.5 Å². The lowest BCUT2D eigenvalue weighted by molar-refractivity contribution is 0.606. The molecule has 0 amide bonds. The maximum atomic E-state index is 11.0. The average Bonchev–Trinajstić information content (AvgIpc) is 2.39. The van der Waals surface area contributed by atoms with Gasteiger partial charge in [0.05, 0.1) is 10.5 Å². The molecule has 0 N–H and O–H groups in total. The first-order valence-electron chi connectivity index (χ1n) is 4.33. The summed E-state index contributed by atoms with van der Waals surface area (Å²) in [6.07, 6.45) is 4.29. The van der Waals surface area contributed by atoms with Crippen molar-refractivity contribution in [3.8, 4) is 0 Å². The van der Waals surface area contributed by atoms with E-state index in [2.05, 4.69) is 6.92 Å². The summed E-state index contributed by atoms with van der Waals surface area (Å²) < 4.78 is 22.0. The first-order valence-corrected chi connectivity index (χ1v) is 5.94. The Hall–Kier alpha value is -0.0500. The second-order valence-electron chi connectivity index (χ2n) is 3.33. The third kappa shape index (κ3) is 1.75. The first kappa shape index (κ1) is 9.04. The van der Waals surface area contributed by atoms with Crippen LogP contribution in [0.3, 0.4) is 0 Å². The van der Waals surface area contributed by atoms with E-state index in [1.54, 1.807) is 0 Å². The van der Waals surface area contributed by atoms with Crippen LogP contribution in [0.1, 0.15) is 39.5 Å². The van der Waals surface area contributed by atoms with Gasteiger partial charge in [-0.1, -0.05) is 26.2 Å². The molecule has 0 aliphatic carbocycles. The van der Waals surface area contributed by atoms with Gasteiger partial charge in [-0.15, -0.1) is 0 Å². The zero-order chi connectivity index (χ0) is 8.48. The van der Waals surface area contributed by atoms with Crippen LogP contribution in [-0.2, 0) is 9.84 Å². The third-order valence-electron chi connectivity index (χ3n) is 2.48. The second-order valence-corrected chi connectivity index (χ2v) is 5.86. The van der Waals surface area contributed by atoms with Crippen LogP contribution >= 0.6 is 0 Å². The number of sulfone groups is 1. The summed E-state index contributed by atoms with van der Waals surface area (Å²) in [5, 5.41) is -0.0339. The molecule has 1 aliphatic heterocycles. The normalized spacial score (nSPS) is 33.6. The number of unbranched alkanes of at least 4 members (excludes halogenated alkanes) is 2. The Morgan fingerprint density at radius 1 is 1.27 bits per heavy atom. The Labute approximate surface area is 68.9 Å².